The fourth-order valence-corrected chi connectivity index (χ4v) is 4.17. The maximum atomic E-state index is 13.3. The van der Waals surface area contributed by atoms with Gasteiger partial charge in [0.05, 0.1) is 11.4 Å². The number of hydrogen-bond acceptors (Lipinski definition) is 2. The molecule has 0 N–H and O–H groups in total. The third-order valence-corrected chi connectivity index (χ3v) is 5.65. The van der Waals surface area contributed by atoms with E-state index in [0.717, 1.165) is 45.1 Å². The lowest BCUT2D eigenvalue weighted by Crippen LogP contribution is -2.03. The van der Waals surface area contributed by atoms with E-state index in [9.17, 15) is 4.39 Å². The molecule has 0 spiro atoms. The predicted molar refractivity (Wildman–Crippen MR) is 121 cm³/mol. The van der Waals surface area contributed by atoms with Crippen LogP contribution in [0.3, 0.4) is 0 Å². The highest BCUT2D eigenvalue weighted by Gasteiger charge is 2.18. The van der Waals surface area contributed by atoms with Crippen LogP contribution in [0.25, 0.3) is 22.5 Å². The zero-order valence-corrected chi connectivity index (χ0v) is 17.8. The van der Waals surface area contributed by atoms with Crippen LogP contribution in [0.1, 0.15) is 28.2 Å². The zero-order chi connectivity index (χ0) is 21.5. The van der Waals surface area contributed by atoms with Crippen molar-refractivity contribution >= 4 is 5.65 Å². The van der Waals surface area contributed by atoms with E-state index >= 15 is 0 Å². The first-order valence-corrected chi connectivity index (χ1v) is 10.3. The van der Waals surface area contributed by atoms with Gasteiger partial charge >= 0.3 is 0 Å². The Labute approximate surface area is 180 Å². The summed E-state index contributed by atoms with van der Waals surface area (Å²) in [5.41, 5.74) is 9.29. The highest BCUT2D eigenvalue weighted by atomic mass is 19.1. The molecular formula is C26H23FN4. The van der Waals surface area contributed by atoms with Gasteiger partial charge in [0, 0.05) is 35.8 Å². The third-order valence-electron chi connectivity index (χ3n) is 5.65. The fourth-order valence-electron chi connectivity index (χ4n) is 4.17. The SMILES string of the molecule is Cc1cc(Cc2ccc(F)cc2)n2nc(C)c(-c3ccc(-n4cccc4)cc3C)c2n1. The van der Waals surface area contributed by atoms with Crippen molar-refractivity contribution in [2.45, 2.75) is 27.2 Å². The molecule has 0 radical (unpaired) electrons. The first kappa shape index (κ1) is 19.2. The summed E-state index contributed by atoms with van der Waals surface area (Å²) in [6, 6.07) is 19.2. The van der Waals surface area contributed by atoms with E-state index in [2.05, 4.69) is 35.8 Å². The summed E-state index contributed by atoms with van der Waals surface area (Å²) < 4.78 is 17.3. The van der Waals surface area contributed by atoms with Crippen LogP contribution in [0, 0.1) is 26.6 Å². The number of rotatable bonds is 4. The van der Waals surface area contributed by atoms with E-state index in [1.807, 2.05) is 55.0 Å². The Bertz CT molecular complexity index is 1380. The van der Waals surface area contributed by atoms with Gasteiger partial charge in [0.2, 0.25) is 0 Å². The van der Waals surface area contributed by atoms with Gasteiger partial charge < -0.3 is 4.57 Å². The van der Waals surface area contributed by atoms with Gasteiger partial charge in [0.1, 0.15) is 5.82 Å². The summed E-state index contributed by atoms with van der Waals surface area (Å²) in [4.78, 5) is 4.84. The van der Waals surface area contributed by atoms with Crippen molar-refractivity contribution in [1.29, 1.82) is 0 Å². The summed E-state index contributed by atoms with van der Waals surface area (Å²) in [5.74, 6) is -0.226. The zero-order valence-electron chi connectivity index (χ0n) is 17.8. The lowest BCUT2D eigenvalue weighted by molar-refractivity contribution is 0.627. The van der Waals surface area contributed by atoms with E-state index < -0.39 is 0 Å². The normalized spacial score (nSPS) is 11.4. The molecule has 2 aromatic carbocycles. The van der Waals surface area contributed by atoms with Crippen LogP contribution >= 0.6 is 0 Å². The number of aromatic nitrogens is 4. The number of hydrogen-bond donors (Lipinski definition) is 0. The Morgan fingerprint density at radius 1 is 0.903 bits per heavy atom. The van der Waals surface area contributed by atoms with Gasteiger partial charge in [-0.1, -0.05) is 18.2 Å². The first-order valence-electron chi connectivity index (χ1n) is 10.3. The maximum Gasteiger partial charge on any atom is 0.163 e. The summed E-state index contributed by atoms with van der Waals surface area (Å²) >= 11 is 0. The maximum absolute atomic E-state index is 13.3. The van der Waals surface area contributed by atoms with Gasteiger partial charge in [-0.25, -0.2) is 13.9 Å². The average molecular weight is 410 g/mol. The minimum Gasteiger partial charge on any atom is -0.324 e. The summed E-state index contributed by atoms with van der Waals surface area (Å²) in [5, 5.41) is 4.83. The second-order valence-electron chi connectivity index (χ2n) is 7.98. The van der Waals surface area contributed by atoms with Crippen molar-refractivity contribution in [3.8, 4) is 16.8 Å². The molecule has 0 aliphatic heterocycles. The molecule has 0 fully saturated rings. The predicted octanol–water partition coefficient (Wildman–Crippen LogP) is 5.84. The first-order chi connectivity index (χ1) is 15.0. The minimum atomic E-state index is -0.226. The molecule has 0 amide bonds. The average Bonchev–Trinajstić information content (AvgIpc) is 3.38. The Balaban J connectivity index is 1.62. The molecule has 0 aliphatic rings. The molecule has 0 saturated heterocycles. The van der Waals surface area contributed by atoms with E-state index in [-0.39, 0.29) is 5.82 Å². The molecule has 5 rings (SSSR count). The van der Waals surface area contributed by atoms with Crippen molar-refractivity contribution < 1.29 is 4.39 Å². The van der Waals surface area contributed by atoms with Gasteiger partial charge in [-0.2, -0.15) is 5.10 Å². The van der Waals surface area contributed by atoms with Gasteiger partial charge in [0.25, 0.3) is 0 Å². The van der Waals surface area contributed by atoms with E-state index in [4.69, 9.17) is 10.1 Å². The quantitative estimate of drug-likeness (QED) is 0.373. The molecule has 0 saturated carbocycles. The van der Waals surface area contributed by atoms with Gasteiger partial charge in [-0.15, -0.1) is 0 Å². The van der Waals surface area contributed by atoms with Gasteiger partial charge in [-0.05, 0) is 79.9 Å². The largest absolute Gasteiger partial charge is 0.324 e. The highest BCUT2D eigenvalue weighted by Crippen LogP contribution is 2.32. The van der Waals surface area contributed by atoms with Crippen molar-refractivity contribution in [3.05, 3.63) is 107 Å². The number of halogens is 1. The molecule has 3 aromatic heterocycles. The van der Waals surface area contributed by atoms with Crippen LogP contribution in [0.5, 0.6) is 0 Å². The Morgan fingerprint density at radius 2 is 1.65 bits per heavy atom. The van der Waals surface area contributed by atoms with Crippen LogP contribution < -0.4 is 0 Å². The lowest BCUT2D eigenvalue weighted by atomic mass is 10.00. The van der Waals surface area contributed by atoms with Crippen molar-refractivity contribution in [1.82, 2.24) is 19.2 Å². The fraction of sp³-hybridized carbons (Fsp3) is 0.154. The molecule has 0 unspecified atom stereocenters. The number of nitrogens with zero attached hydrogens (tertiary/aromatic N) is 4. The summed E-state index contributed by atoms with van der Waals surface area (Å²) in [6.45, 7) is 6.16. The van der Waals surface area contributed by atoms with Gasteiger partial charge in [-0.3, -0.25) is 0 Å². The Kier molecular flexibility index (Phi) is 4.66. The monoisotopic (exact) mass is 410 g/mol. The van der Waals surface area contributed by atoms with Gasteiger partial charge in [0.15, 0.2) is 5.65 Å². The van der Waals surface area contributed by atoms with E-state index in [0.29, 0.717) is 6.42 Å². The summed E-state index contributed by atoms with van der Waals surface area (Å²) in [7, 11) is 0. The second kappa shape index (κ2) is 7.51. The molecule has 154 valence electrons. The Hall–Kier alpha value is -3.73. The standard InChI is InChI=1S/C26H23FN4/c1-17-14-22(30-12-4-5-13-30)10-11-24(17)25-19(3)29-31-23(15-18(2)28-26(25)31)16-20-6-8-21(27)9-7-20/h4-15H,16H2,1-3H3. The van der Waals surface area contributed by atoms with Crippen molar-refractivity contribution in [3.63, 3.8) is 0 Å². The Morgan fingerprint density at radius 3 is 2.35 bits per heavy atom. The molecule has 5 aromatic rings. The minimum absolute atomic E-state index is 0.226. The number of aryl methyl sites for hydroxylation is 3. The smallest absolute Gasteiger partial charge is 0.163 e. The van der Waals surface area contributed by atoms with Crippen molar-refractivity contribution in [2.75, 3.05) is 0 Å². The lowest BCUT2D eigenvalue weighted by Gasteiger charge is -2.11. The topological polar surface area (TPSA) is 35.1 Å². The summed E-state index contributed by atoms with van der Waals surface area (Å²) in [6.07, 6.45) is 4.75. The molecule has 4 nitrogen and oxygen atoms in total. The molecular weight excluding hydrogens is 387 g/mol. The third kappa shape index (κ3) is 3.52. The van der Waals surface area contributed by atoms with Crippen molar-refractivity contribution in [2.24, 2.45) is 0 Å². The van der Waals surface area contributed by atoms with Crippen LogP contribution in [0.15, 0.2) is 73.1 Å². The van der Waals surface area contributed by atoms with Crippen LogP contribution in [-0.2, 0) is 6.42 Å². The molecule has 3 heterocycles. The van der Waals surface area contributed by atoms with Crippen LogP contribution in [0.2, 0.25) is 0 Å². The molecule has 5 heteroatoms. The van der Waals surface area contributed by atoms with Crippen LogP contribution in [0.4, 0.5) is 4.39 Å². The number of fused-ring (bicyclic) bond motifs is 1. The molecule has 0 bridgehead atoms. The van der Waals surface area contributed by atoms with Crippen LogP contribution in [-0.4, -0.2) is 19.2 Å². The molecule has 31 heavy (non-hydrogen) atoms. The second-order valence-corrected chi connectivity index (χ2v) is 7.98. The number of benzene rings is 2. The molecule has 0 atom stereocenters. The highest BCUT2D eigenvalue weighted by molar-refractivity contribution is 5.82. The van der Waals surface area contributed by atoms with E-state index in [1.54, 1.807) is 0 Å². The molecule has 0 aliphatic carbocycles. The van der Waals surface area contributed by atoms with E-state index in [1.165, 1.54) is 17.7 Å².